The van der Waals surface area contributed by atoms with E-state index in [0.29, 0.717) is 23.7 Å². The molecule has 1 atom stereocenters. The molecular formula is C19H20ClN3O2. The maximum Gasteiger partial charge on any atom is 0.322 e. The number of urea groups is 1. The predicted molar refractivity (Wildman–Crippen MR) is 100 cm³/mol. The van der Waals surface area contributed by atoms with Gasteiger partial charge < -0.3 is 15.5 Å². The van der Waals surface area contributed by atoms with Crippen LogP contribution in [-0.2, 0) is 4.79 Å². The van der Waals surface area contributed by atoms with Crippen molar-refractivity contribution in [3.8, 4) is 0 Å². The summed E-state index contributed by atoms with van der Waals surface area (Å²) in [5.41, 5.74) is 2.43. The van der Waals surface area contributed by atoms with Gasteiger partial charge in [0.25, 0.3) is 0 Å². The first-order chi connectivity index (χ1) is 12.0. The summed E-state index contributed by atoms with van der Waals surface area (Å²) in [6.45, 7) is 2.52. The quantitative estimate of drug-likeness (QED) is 0.861. The second-order valence-electron chi connectivity index (χ2n) is 6.15. The first-order valence-electron chi connectivity index (χ1n) is 8.23. The van der Waals surface area contributed by atoms with E-state index in [0.717, 1.165) is 17.7 Å². The largest absolute Gasteiger partial charge is 0.324 e. The van der Waals surface area contributed by atoms with E-state index >= 15 is 0 Å². The van der Waals surface area contributed by atoms with Gasteiger partial charge in [-0.3, -0.25) is 4.79 Å². The topological polar surface area (TPSA) is 61.4 Å². The third kappa shape index (κ3) is 4.31. The van der Waals surface area contributed by atoms with E-state index < -0.39 is 6.04 Å². The number of benzene rings is 2. The number of likely N-dealkylation sites (tertiary alicyclic amines) is 1. The molecule has 3 amide bonds. The molecule has 130 valence electrons. The molecule has 2 N–H and O–H groups in total. The minimum Gasteiger partial charge on any atom is -0.324 e. The lowest BCUT2D eigenvalue weighted by atomic mass is 10.2. The summed E-state index contributed by atoms with van der Waals surface area (Å²) >= 11 is 5.94. The summed E-state index contributed by atoms with van der Waals surface area (Å²) < 4.78 is 0. The van der Waals surface area contributed by atoms with Crippen LogP contribution in [0.5, 0.6) is 0 Å². The lowest BCUT2D eigenvalue weighted by Gasteiger charge is -2.24. The number of nitrogens with one attached hydrogen (secondary N) is 2. The highest BCUT2D eigenvalue weighted by Gasteiger charge is 2.34. The van der Waals surface area contributed by atoms with Crippen LogP contribution in [0.25, 0.3) is 0 Å². The van der Waals surface area contributed by atoms with Gasteiger partial charge >= 0.3 is 6.03 Å². The molecule has 1 heterocycles. The number of anilines is 2. The Balaban J connectivity index is 1.67. The number of hydrogen-bond donors (Lipinski definition) is 2. The SMILES string of the molecule is Cc1cccc(NC(=O)[C@H]2CCCN2C(=O)Nc2cccc(Cl)c2)c1. The zero-order chi connectivity index (χ0) is 17.8. The van der Waals surface area contributed by atoms with Gasteiger partial charge in [-0.1, -0.05) is 29.8 Å². The lowest BCUT2D eigenvalue weighted by Crippen LogP contribution is -2.45. The highest BCUT2D eigenvalue weighted by Crippen LogP contribution is 2.22. The van der Waals surface area contributed by atoms with Crippen molar-refractivity contribution in [3.63, 3.8) is 0 Å². The normalized spacial score (nSPS) is 16.6. The Bertz CT molecular complexity index is 728. The number of carbonyl (C=O) groups is 2. The minimum atomic E-state index is -0.473. The van der Waals surface area contributed by atoms with Crippen LogP contribution in [0, 0.1) is 6.92 Å². The van der Waals surface area contributed by atoms with Gasteiger partial charge in [-0.2, -0.15) is 0 Å². The maximum atomic E-state index is 12.6. The third-order valence-corrected chi connectivity index (χ3v) is 4.41. The van der Waals surface area contributed by atoms with Crippen LogP contribution < -0.4 is 10.6 Å². The Hall–Kier alpha value is -2.53. The molecule has 3 rings (SSSR count). The van der Waals surface area contributed by atoms with Gasteiger partial charge in [-0.25, -0.2) is 4.79 Å². The Morgan fingerprint density at radius 3 is 2.52 bits per heavy atom. The van der Waals surface area contributed by atoms with E-state index in [1.54, 1.807) is 29.2 Å². The molecule has 1 aliphatic heterocycles. The van der Waals surface area contributed by atoms with Gasteiger partial charge in [0.1, 0.15) is 6.04 Å². The molecule has 1 fully saturated rings. The lowest BCUT2D eigenvalue weighted by molar-refractivity contribution is -0.119. The zero-order valence-corrected chi connectivity index (χ0v) is 14.7. The van der Waals surface area contributed by atoms with Crippen LogP contribution in [0.3, 0.4) is 0 Å². The number of nitrogens with zero attached hydrogens (tertiary/aromatic N) is 1. The van der Waals surface area contributed by atoms with Crippen molar-refractivity contribution >= 4 is 34.9 Å². The van der Waals surface area contributed by atoms with Gasteiger partial charge in [0.2, 0.25) is 5.91 Å². The third-order valence-electron chi connectivity index (χ3n) is 4.18. The highest BCUT2D eigenvalue weighted by molar-refractivity contribution is 6.30. The van der Waals surface area contributed by atoms with E-state index in [2.05, 4.69) is 10.6 Å². The summed E-state index contributed by atoms with van der Waals surface area (Å²) in [5, 5.41) is 6.25. The van der Waals surface area contributed by atoms with Crippen LogP contribution in [0.4, 0.5) is 16.2 Å². The van der Waals surface area contributed by atoms with E-state index in [4.69, 9.17) is 11.6 Å². The molecule has 25 heavy (non-hydrogen) atoms. The molecule has 0 bridgehead atoms. The molecule has 2 aromatic carbocycles. The van der Waals surface area contributed by atoms with Crippen molar-refractivity contribution in [3.05, 3.63) is 59.1 Å². The molecule has 0 spiro atoms. The average molecular weight is 358 g/mol. The Labute approximate surface area is 152 Å². The van der Waals surface area contributed by atoms with Gasteiger partial charge in [-0.15, -0.1) is 0 Å². The van der Waals surface area contributed by atoms with Gasteiger partial charge in [0, 0.05) is 22.9 Å². The molecule has 0 unspecified atom stereocenters. The predicted octanol–water partition coefficient (Wildman–Crippen LogP) is 4.28. The number of amides is 3. The first-order valence-corrected chi connectivity index (χ1v) is 8.61. The van der Waals surface area contributed by atoms with E-state index in [-0.39, 0.29) is 11.9 Å². The van der Waals surface area contributed by atoms with Crippen LogP contribution in [0.1, 0.15) is 18.4 Å². The highest BCUT2D eigenvalue weighted by atomic mass is 35.5. The van der Waals surface area contributed by atoms with Gasteiger partial charge in [0.05, 0.1) is 0 Å². The van der Waals surface area contributed by atoms with Crippen LogP contribution in [0.2, 0.25) is 5.02 Å². The molecule has 0 aliphatic carbocycles. The number of aryl methyl sites for hydroxylation is 1. The smallest absolute Gasteiger partial charge is 0.322 e. The Kier molecular flexibility index (Phi) is 5.24. The first kappa shape index (κ1) is 17.3. The molecule has 0 saturated carbocycles. The minimum absolute atomic E-state index is 0.163. The van der Waals surface area contributed by atoms with Crippen molar-refractivity contribution in [2.45, 2.75) is 25.8 Å². The molecular weight excluding hydrogens is 338 g/mol. The summed E-state index contributed by atoms with van der Waals surface area (Å²) in [4.78, 5) is 26.7. The van der Waals surface area contributed by atoms with Crippen molar-refractivity contribution in [1.82, 2.24) is 4.90 Å². The number of hydrogen-bond acceptors (Lipinski definition) is 2. The molecule has 0 aromatic heterocycles. The second kappa shape index (κ2) is 7.57. The maximum absolute atomic E-state index is 12.6. The fourth-order valence-electron chi connectivity index (χ4n) is 2.99. The Morgan fingerprint density at radius 2 is 1.80 bits per heavy atom. The zero-order valence-electron chi connectivity index (χ0n) is 14.0. The molecule has 2 aromatic rings. The Morgan fingerprint density at radius 1 is 1.08 bits per heavy atom. The number of halogens is 1. The summed E-state index contributed by atoms with van der Waals surface area (Å²) in [6.07, 6.45) is 1.45. The summed E-state index contributed by atoms with van der Waals surface area (Å²) in [7, 11) is 0. The molecule has 1 aliphatic rings. The fourth-order valence-corrected chi connectivity index (χ4v) is 3.18. The molecule has 0 radical (unpaired) electrons. The van der Waals surface area contributed by atoms with E-state index in [9.17, 15) is 9.59 Å². The number of rotatable bonds is 3. The number of carbonyl (C=O) groups excluding carboxylic acids is 2. The van der Waals surface area contributed by atoms with E-state index in [1.165, 1.54) is 0 Å². The van der Waals surface area contributed by atoms with Gasteiger partial charge in [0.15, 0.2) is 0 Å². The molecule has 6 heteroatoms. The summed E-state index contributed by atoms with van der Waals surface area (Å²) in [6, 6.07) is 13.8. The van der Waals surface area contributed by atoms with Crippen molar-refractivity contribution < 1.29 is 9.59 Å². The fraction of sp³-hybridized carbons (Fsp3) is 0.263. The van der Waals surface area contributed by atoms with E-state index in [1.807, 2.05) is 31.2 Å². The van der Waals surface area contributed by atoms with Crippen molar-refractivity contribution in [2.24, 2.45) is 0 Å². The second-order valence-corrected chi connectivity index (χ2v) is 6.59. The average Bonchev–Trinajstić information content (AvgIpc) is 3.04. The standard InChI is InChI=1S/C19H20ClN3O2/c1-13-5-2-7-15(11-13)21-18(24)17-9-4-10-23(17)19(25)22-16-8-3-6-14(20)12-16/h2-3,5-8,11-12,17H,4,9-10H2,1H3,(H,21,24)(H,22,25)/t17-/m1/s1. The monoisotopic (exact) mass is 357 g/mol. The molecule has 1 saturated heterocycles. The van der Waals surface area contributed by atoms with Crippen molar-refractivity contribution in [1.29, 1.82) is 0 Å². The van der Waals surface area contributed by atoms with Crippen LogP contribution in [-0.4, -0.2) is 29.4 Å². The van der Waals surface area contributed by atoms with Gasteiger partial charge in [-0.05, 0) is 55.7 Å². The van der Waals surface area contributed by atoms with Crippen LogP contribution >= 0.6 is 11.6 Å². The molecule has 5 nitrogen and oxygen atoms in total. The van der Waals surface area contributed by atoms with Crippen molar-refractivity contribution in [2.75, 3.05) is 17.2 Å². The van der Waals surface area contributed by atoms with Crippen LogP contribution in [0.15, 0.2) is 48.5 Å². The summed E-state index contributed by atoms with van der Waals surface area (Å²) in [5.74, 6) is -0.163.